The van der Waals surface area contributed by atoms with Gasteiger partial charge in [-0.25, -0.2) is 0 Å². The fraction of sp³-hybridized carbons (Fsp3) is 0.556. The Bertz CT molecular complexity index is 189. The van der Waals surface area contributed by atoms with Crippen molar-refractivity contribution in [3.8, 4) is 0 Å². The lowest BCUT2D eigenvalue weighted by Gasteiger charge is -2.02. The highest BCUT2D eigenvalue weighted by Gasteiger charge is 2.05. The lowest BCUT2D eigenvalue weighted by Crippen LogP contribution is -2.23. The molecule has 0 aliphatic rings. The number of carbonyl (C=O) groups is 2. The number of nitrogens with one attached hydrogen (secondary N) is 1. The van der Waals surface area contributed by atoms with Crippen molar-refractivity contribution in [2.75, 3.05) is 13.2 Å². The summed E-state index contributed by atoms with van der Waals surface area (Å²) in [5.41, 5.74) is 0. The van der Waals surface area contributed by atoms with E-state index in [1.54, 1.807) is 13.0 Å². The van der Waals surface area contributed by atoms with Gasteiger partial charge in [-0.05, 0) is 6.92 Å². The Hall–Kier alpha value is -1.32. The van der Waals surface area contributed by atoms with Crippen LogP contribution < -0.4 is 5.32 Å². The number of ether oxygens (including phenoxy) is 1. The first-order chi connectivity index (χ1) is 6.20. The molecule has 0 aliphatic carbocycles. The molecular formula is C9H15NO3. The molecular weight excluding hydrogens is 170 g/mol. The first-order valence-electron chi connectivity index (χ1n) is 4.24. The molecule has 4 nitrogen and oxygen atoms in total. The van der Waals surface area contributed by atoms with Crippen molar-refractivity contribution in [2.45, 2.75) is 19.8 Å². The molecule has 13 heavy (non-hydrogen) atoms. The van der Waals surface area contributed by atoms with Gasteiger partial charge in [0.05, 0.1) is 13.0 Å². The summed E-state index contributed by atoms with van der Waals surface area (Å²) in [6.45, 7) is 5.97. The molecule has 4 heteroatoms. The van der Waals surface area contributed by atoms with E-state index in [0.29, 0.717) is 13.2 Å². The second kappa shape index (κ2) is 7.34. The van der Waals surface area contributed by atoms with E-state index >= 15 is 0 Å². The molecule has 0 bridgehead atoms. The predicted octanol–water partition coefficient (Wildman–Crippen LogP) is 0.632. The molecule has 0 aliphatic heterocycles. The first-order valence-corrected chi connectivity index (χ1v) is 4.24. The number of carbonyl (C=O) groups excluding carboxylic acids is 2. The van der Waals surface area contributed by atoms with Gasteiger partial charge in [0, 0.05) is 13.0 Å². The molecule has 0 fully saturated rings. The third-order valence-corrected chi connectivity index (χ3v) is 1.31. The largest absolute Gasteiger partial charge is 0.466 e. The third-order valence-electron chi connectivity index (χ3n) is 1.31. The molecule has 0 spiro atoms. The van der Waals surface area contributed by atoms with Crippen LogP contribution in [-0.2, 0) is 14.3 Å². The van der Waals surface area contributed by atoms with Crippen LogP contribution in [0.5, 0.6) is 0 Å². The van der Waals surface area contributed by atoms with Crippen LogP contribution in [0.3, 0.4) is 0 Å². The maximum Gasteiger partial charge on any atom is 0.306 e. The number of amides is 1. The fourth-order valence-corrected chi connectivity index (χ4v) is 0.723. The van der Waals surface area contributed by atoms with Gasteiger partial charge in [0.15, 0.2) is 0 Å². The van der Waals surface area contributed by atoms with E-state index in [0.717, 1.165) is 0 Å². The van der Waals surface area contributed by atoms with Gasteiger partial charge in [-0.3, -0.25) is 9.59 Å². The Kier molecular flexibility index (Phi) is 6.59. The molecule has 0 aromatic rings. The maximum absolute atomic E-state index is 10.9. The lowest BCUT2D eigenvalue weighted by atomic mass is 10.3. The molecule has 0 aromatic carbocycles. The molecule has 0 unspecified atom stereocenters. The van der Waals surface area contributed by atoms with Crippen LogP contribution in [0.1, 0.15) is 19.8 Å². The first kappa shape index (κ1) is 11.7. The molecule has 0 saturated heterocycles. The van der Waals surface area contributed by atoms with Crippen molar-refractivity contribution >= 4 is 11.9 Å². The van der Waals surface area contributed by atoms with E-state index in [1.807, 2.05) is 0 Å². The molecule has 1 N–H and O–H groups in total. The van der Waals surface area contributed by atoms with E-state index in [1.165, 1.54) is 0 Å². The van der Waals surface area contributed by atoms with Crippen molar-refractivity contribution in [3.63, 3.8) is 0 Å². The molecule has 0 aromatic heterocycles. The van der Waals surface area contributed by atoms with Crippen molar-refractivity contribution in [2.24, 2.45) is 0 Å². The summed E-state index contributed by atoms with van der Waals surface area (Å²) in [6, 6.07) is 0. The van der Waals surface area contributed by atoms with Gasteiger partial charge >= 0.3 is 5.97 Å². The highest BCUT2D eigenvalue weighted by Crippen LogP contribution is 1.92. The Labute approximate surface area is 78.0 Å². The summed E-state index contributed by atoms with van der Waals surface area (Å²) in [5.74, 6) is -0.496. The smallest absolute Gasteiger partial charge is 0.306 e. The van der Waals surface area contributed by atoms with Crippen molar-refractivity contribution in [1.82, 2.24) is 5.32 Å². The Morgan fingerprint density at radius 1 is 1.46 bits per heavy atom. The maximum atomic E-state index is 10.9. The Morgan fingerprint density at radius 3 is 2.69 bits per heavy atom. The van der Waals surface area contributed by atoms with Gasteiger partial charge in [-0.15, -0.1) is 6.58 Å². The highest BCUT2D eigenvalue weighted by atomic mass is 16.5. The van der Waals surface area contributed by atoms with Gasteiger partial charge in [-0.1, -0.05) is 6.08 Å². The van der Waals surface area contributed by atoms with Crippen LogP contribution in [0.25, 0.3) is 0 Å². The molecule has 0 rings (SSSR count). The Morgan fingerprint density at radius 2 is 2.15 bits per heavy atom. The average Bonchev–Trinajstić information content (AvgIpc) is 2.12. The van der Waals surface area contributed by atoms with Crippen LogP contribution in [0, 0.1) is 0 Å². The quantitative estimate of drug-likeness (QED) is 0.488. The molecule has 0 heterocycles. The molecule has 0 atom stereocenters. The monoisotopic (exact) mass is 185 g/mol. The SMILES string of the molecule is C=CCNC(=O)CCC(=O)OCC. The van der Waals surface area contributed by atoms with E-state index in [9.17, 15) is 9.59 Å². The van der Waals surface area contributed by atoms with Crippen LogP contribution in [0.2, 0.25) is 0 Å². The minimum absolute atomic E-state index is 0.136. The van der Waals surface area contributed by atoms with Gasteiger partial charge in [0.25, 0.3) is 0 Å². The van der Waals surface area contributed by atoms with Gasteiger partial charge < -0.3 is 10.1 Å². The average molecular weight is 185 g/mol. The van der Waals surface area contributed by atoms with E-state index in [4.69, 9.17) is 0 Å². The summed E-state index contributed by atoms with van der Waals surface area (Å²) in [5, 5.41) is 2.57. The minimum Gasteiger partial charge on any atom is -0.466 e. The number of rotatable bonds is 6. The molecule has 0 radical (unpaired) electrons. The normalized spacial score (nSPS) is 9.00. The summed E-state index contributed by atoms with van der Waals surface area (Å²) in [4.78, 5) is 21.7. The highest BCUT2D eigenvalue weighted by molar-refractivity contribution is 5.81. The molecule has 1 amide bonds. The standard InChI is InChI=1S/C9H15NO3/c1-3-7-10-8(11)5-6-9(12)13-4-2/h3H,1,4-7H2,2H3,(H,10,11). The number of hydrogen-bond acceptors (Lipinski definition) is 3. The summed E-state index contributed by atoms with van der Waals surface area (Å²) >= 11 is 0. The molecule has 74 valence electrons. The van der Waals surface area contributed by atoms with E-state index < -0.39 is 0 Å². The zero-order valence-electron chi connectivity index (χ0n) is 7.84. The van der Waals surface area contributed by atoms with Crippen LogP contribution in [-0.4, -0.2) is 25.0 Å². The fourth-order valence-electron chi connectivity index (χ4n) is 0.723. The lowest BCUT2D eigenvalue weighted by molar-refractivity contribution is -0.144. The topological polar surface area (TPSA) is 55.4 Å². The van der Waals surface area contributed by atoms with Gasteiger partial charge in [0.2, 0.25) is 5.91 Å². The van der Waals surface area contributed by atoms with Gasteiger partial charge in [-0.2, -0.15) is 0 Å². The zero-order chi connectivity index (χ0) is 10.1. The second-order valence-electron chi connectivity index (χ2n) is 2.40. The summed E-state index contributed by atoms with van der Waals surface area (Å²) < 4.78 is 4.66. The number of hydrogen-bond donors (Lipinski definition) is 1. The van der Waals surface area contributed by atoms with Crippen LogP contribution in [0.4, 0.5) is 0 Å². The van der Waals surface area contributed by atoms with E-state index in [2.05, 4.69) is 16.6 Å². The van der Waals surface area contributed by atoms with E-state index in [-0.39, 0.29) is 24.7 Å². The summed E-state index contributed by atoms with van der Waals surface area (Å²) in [7, 11) is 0. The number of esters is 1. The van der Waals surface area contributed by atoms with Crippen LogP contribution in [0.15, 0.2) is 12.7 Å². The van der Waals surface area contributed by atoms with Crippen LogP contribution >= 0.6 is 0 Å². The van der Waals surface area contributed by atoms with Crippen molar-refractivity contribution < 1.29 is 14.3 Å². The van der Waals surface area contributed by atoms with Crippen molar-refractivity contribution in [1.29, 1.82) is 0 Å². The van der Waals surface area contributed by atoms with Crippen molar-refractivity contribution in [3.05, 3.63) is 12.7 Å². The molecule has 0 saturated carbocycles. The predicted molar refractivity (Wildman–Crippen MR) is 49.1 cm³/mol. The minimum atomic E-state index is -0.337. The summed E-state index contributed by atoms with van der Waals surface area (Å²) in [6.07, 6.45) is 1.89. The zero-order valence-corrected chi connectivity index (χ0v) is 7.84. The Balaban J connectivity index is 3.45. The third kappa shape index (κ3) is 7.05. The van der Waals surface area contributed by atoms with Gasteiger partial charge in [0.1, 0.15) is 0 Å². The second-order valence-corrected chi connectivity index (χ2v) is 2.40.